The minimum atomic E-state index is -0.824. The molecule has 3 aromatic carbocycles. The normalized spacial score (nSPS) is 16.0. The van der Waals surface area contributed by atoms with Crippen LogP contribution in [0, 0.1) is 0 Å². The molecule has 1 unspecified atom stereocenters. The molecule has 4 aromatic rings. The van der Waals surface area contributed by atoms with Gasteiger partial charge in [0, 0.05) is 30.1 Å². The third-order valence-electron chi connectivity index (χ3n) is 6.19. The first-order valence-corrected chi connectivity index (χ1v) is 11.3. The Labute approximate surface area is 206 Å². The Morgan fingerprint density at radius 2 is 1.86 bits per heavy atom. The molecule has 0 spiro atoms. The van der Waals surface area contributed by atoms with E-state index in [0.717, 1.165) is 16.3 Å². The molecule has 1 aliphatic heterocycles. The molecule has 1 amide bonds. The van der Waals surface area contributed by atoms with Gasteiger partial charge in [-0.05, 0) is 28.5 Å². The van der Waals surface area contributed by atoms with Gasteiger partial charge in [-0.2, -0.15) is 0 Å². The Bertz CT molecular complexity index is 1500. The second-order valence-corrected chi connectivity index (χ2v) is 8.63. The summed E-state index contributed by atoms with van der Waals surface area (Å²) in [4.78, 5) is 28.4. The summed E-state index contributed by atoms with van der Waals surface area (Å²) in [6, 6.07) is 17.3. The summed E-state index contributed by atoms with van der Waals surface area (Å²) in [6.07, 6.45) is 0. The summed E-state index contributed by atoms with van der Waals surface area (Å²) in [7, 11) is 3.00. The molecule has 178 valence electrons. The molecule has 0 saturated heterocycles. The Kier molecular flexibility index (Phi) is 5.96. The number of furan rings is 1. The van der Waals surface area contributed by atoms with Crippen molar-refractivity contribution in [2.24, 2.45) is 0 Å². The largest absolute Gasteiger partial charge is 0.503 e. The Morgan fingerprint density at radius 3 is 2.63 bits per heavy atom. The van der Waals surface area contributed by atoms with E-state index >= 15 is 0 Å². The molecule has 1 aliphatic rings. The maximum atomic E-state index is 13.8. The number of methoxy groups -OCH3 is 2. The highest BCUT2D eigenvalue weighted by Gasteiger charge is 2.45. The fourth-order valence-corrected chi connectivity index (χ4v) is 4.82. The minimum Gasteiger partial charge on any atom is -0.503 e. The smallest absolute Gasteiger partial charge is 0.290 e. The number of halogens is 1. The van der Waals surface area contributed by atoms with Gasteiger partial charge in [0.2, 0.25) is 5.78 Å². The lowest BCUT2D eigenvalue weighted by Gasteiger charge is -2.27. The molecular weight excluding hydrogens is 470 g/mol. The fourth-order valence-electron chi connectivity index (χ4n) is 4.60. The molecule has 0 aliphatic carbocycles. The van der Waals surface area contributed by atoms with E-state index in [4.69, 9.17) is 25.5 Å². The van der Waals surface area contributed by atoms with E-state index in [0.29, 0.717) is 21.7 Å². The fraction of sp³-hybridized carbons (Fsp3) is 0.185. The number of benzene rings is 3. The predicted molar refractivity (Wildman–Crippen MR) is 132 cm³/mol. The molecule has 7 nitrogen and oxygen atoms in total. The topological polar surface area (TPSA) is 89.2 Å². The van der Waals surface area contributed by atoms with E-state index in [1.807, 2.05) is 42.5 Å². The van der Waals surface area contributed by atoms with Gasteiger partial charge in [0.1, 0.15) is 0 Å². The molecule has 1 N–H and O–H groups in total. The maximum absolute atomic E-state index is 13.8. The molecule has 2 heterocycles. The number of fused-ring (bicyclic) bond motifs is 2. The molecular formula is C27H22ClNO6. The average Bonchev–Trinajstić information content (AvgIpc) is 3.40. The lowest BCUT2D eigenvalue weighted by molar-refractivity contribution is -0.130. The summed E-state index contributed by atoms with van der Waals surface area (Å²) < 4.78 is 16.4. The zero-order chi connectivity index (χ0) is 24.7. The quantitative estimate of drug-likeness (QED) is 0.345. The Hall–Kier alpha value is -3.81. The van der Waals surface area contributed by atoms with Gasteiger partial charge in [-0.15, -0.1) is 0 Å². The van der Waals surface area contributed by atoms with Gasteiger partial charge in [-0.3, -0.25) is 9.59 Å². The summed E-state index contributed by atoms with van der Waals surface area (Å²) in [5, 5.41) is 13.7. The first-order chi connectivity index (χ1) is 16.9. The van der Waals surface area contributed by atoms with Gasteiger partial charge in [0.15, 0.2) is 22.9 Å². The first-order valence-electron chi connectivity index (χ1n) is 11.0. The number of nitrogens with zero attached hydrogens (tertiary/aromatic N) is 1. The van der Waals surface area contributed by atoms with Crippen molar-refractivity contribution >= 4 is 45.0 Å². The van der Waals surface area contributed by atoms with Crippen molar-refractivity contribution in [3.63, 3.8) is 0 Å². The van der Waals surface area contributed by atoms with Gasteiger partial charge in [0.25, 0.3) is 5.91 Å². The highest BCUT2D eigenvalue weighted by Crippen LogP contribution is 2.42. The highest BCUT2D eigenvalue weighted by molar-refractivity contribution is 6.31. The zero-order valence-corrected chi connectivity index (χ0v) is 19.8. The second kappa shape index (κ2) is 9.09. The van der Waals surface area contributed by atoms with Crippen molar-refractivity contribution in [1.29, 1.82) is 0 Å². The number of aliphatic hydroxyl groups is 1. The zero-order valence-electron chi connectivity index (χ0n) is 19.1. The van der Waals surface area contributed by atoms with Crippen LogP contribution < -0.4 is 4.74 Å². The number of hydrogen-bond acceptors (Lipinski definition) is 6. The minimum absolute atomic E-state index is 0.0336. The van der Waals surface area contributed by atoms with Crippen molar-refractivity contribution < 1.29 is 28.6 Å². The van der Waals surface area contributed by atoms with E-state index in [9.17, 15) is 14.7 Å². The number of Topliss-reactive ketones (excluding diaryl/α,β-unsaturated/α-hetero) is 1. The van der Waals surface area contributed by atoms with Crippen LogP contribution >= 0.6 is 11.6 Å². The summed E-state index contributed by atoms with van der Waals surface area (Å²) in [5.41, 5.74) is 1.02. The molecule has 1 aromatic heterocycles. The van der Waals surface area contributed by atoms with Crippen molar-refractivity contribution in [2.45, 2.75) is 6.04 Å². The van der Waals surface area contributed by atoms with Crippen molar-refractivity contribution in [1.82, 2.24) is 4.90 Å². The Morgan fingerprint density at radius 1 is 1.09 bits per heavy atom. The van der Waals surface area contributed by atoms with Crippen LogP contribution in [0.4, 0.5) is 0 Å². The number of ether oxygens (including phenoxy) is 2. The van der Waals surface area contributed by atoms with Crippen LogP contribution in [0.5, 0.6) is 5.75 Å². The Balaban J connectivity index is 1.67. The van der Waals surface area contributed by atoms with E-state index in [1.165, 1.54) is 25.2 Å². The van der Waals surface area contributed by atoms with Gasteiger partial charge in [-0.25, -0.2) is 0 Å². The van der Waals surface area contributed by atoms with Crippen molar-refractivity contribution in [2.75, 3.05) is 27.4 Å². The van der Waals surface area contributed by atoms with Crippen molar-refractivity contribution in [3.8, 4) is 5.75 Å². The van der Waals surface area contributed by atoms with Crippen LogP contribution in [0.2, 0.25) is 5.02 Å². The molecule has 0 bridgehead atoms. The van der Waals surface area contributed by atoms with Crippen LogP contribution in [0.1, 0.15) is 22.2 Å². The standard InChI is InChI=1S/C27H22ClNO6/c1-33-11-10-29-23(19-9-5-7-15-6-3-4-8-18(15)19)22(25(31)27(29)32)24(30)20-13-16-12-17(28)14-21(34-2)26(16)35-20/h3-9,12-14,23,31H,10-11H2,1-2H3. The predicted octanol–water partition coefficient (Wildman–Crippen LogP) is 5.47. The number of amides is 1. The number of rotatable bonds is 7. The van der Waals surface area contributed by atoms with Gasteiger partial charge in [-0.1, -0.05) is 54.1 Å². The third kappa shape index (κ3) is 3.83. The first kappa shape index (κ1) is 23.0. The molecule has 35 heavy (non-hydrogen) atoms. The summed E-state index contributed by atoms with van der Waals surface area (Å²) in [5.74, 6) is -1.49. The van der Waals surface area contributed by atoms with Gasteiger partial charge < -0.3 is 23.9 Å². The average molecular weight is 492 g/mol. The van der Waals surface area contributed by atoms with Crippen LogP contribution in [-0.2, 0) is 9.53 Å². The molecule has 0 radical (unpaired) electrons. The number of ketones is 1. The number of aliphatic hydroxyl groups excluding tert-OH is 1. The molecule has 0 saturated carbocycles. The van der Waals surface area contributed by atoms with Crippen LogP contribution in [-0.4, -0.2) is 49.1 Å². The van der Waals surface area contributed by atoms with E-state index in [1.54, 1.807) is 12.1 Å². The molecule has 5 rings (SSSR count). The summed E-state index contributed by atoms with van der Waals surface area (Å²) in [6.45, 7) is 0.426. The monoisotopic (exact) mass is 491 g/mol. The lowest BCUT2D eigenvalue weighted by atomic mass is 9.91. The number of carbonyl (C=O) groups is 2. The second-order valence-electron chi connectivity index (χ2n) is 8.19. The maximum Gasteiger partial charge on any atom is 0.290 e. The number of carbonyl (C=O) groups excluding carboxylic acids is 2. The lowest BCUT2D eigenvalue weighted by Crippen LogP contribution is -2.34. The highest BCUT2D eigenvalue weighted by atomic mass is 35.5. The van der Waals surface area contributed by atoms with Crippen LogP contribution in [0.3, 0.4) is 0 Å². The van der Waals surface area contributed by atoms with Crippen LogP contribution in [0.15, 0.2) is 76.4 Å². The molecule has 8 heteroatoms. The van der Waals surface area contributed by atoms with E-state index < -0.39 is 23.5 Å². The van der Waals surface area contributed by atoms with Crippen molar-refractivity contribution in [3.05, 3.63) is 88.3 Å². The van der Waals surface area contributed by atoms with Gasteiger partial charge >= 0.3 is 0 Å². The van der Waals surface area contributed by atoms with Gasteiger partial charge in [0.05, 0.1) is 25.3 Å². The van der Waals surface area contributed by atoms with E-state index in [2.05, 4.69) is 0 Å². The van der Waals surface area contributed by atoms with Crippen LogP contribution in [0.25, 0.3) is 21.7 Å². The summed E-state index contributed by atoms with van der Waals surface area (Å²) >= 11 is 6.17. The molecule has 0 fully saturated rings. The SMILES string of the molecule is COCCN1C(=O)C(O)=C(C(=O)c2cc3cc(Cl)cc(OC)c3o2)C1c1cccc2ccccc12. The van der Waals surface area contributed by atoms with E-state index in [-0.39, 0.29) is 24.5 Å². The molecule has 1 atom stereocenters. The number of hydrogen-bond donors (Lipinski definition) is 1. The third-order valence-corrected chi connectivity index (χ3v) is 6.41.